The van der Waals surface area contributed by atoms with E-state index >= 15 is 0 Å². The molecule has 0 aliphatic rings. The summed E-state index contributed by atoms with van der Waals surface area (Å²) in [7, 11) is -3.63. The van der Waals surface area contributed by atoms with Crippen molar-refractivity contribution in [3.05, 3.63) is 65.3 Å². The molecule has 0 saturated carbocycles. The van der Waals surface area contributed by atoms with E-state index in [1.165, 1.54) is 11.3 Å². The number of thiazole rings is 1. The topological polar surface area (TPSA) is 118 Å². The summed E-state index contributed by atoms with van der Waals surface area (Å²) in [4.78, 5) is 4.55. The summed E-state index contributed by atoms with van der Waals surface area (Å²) in [5.74, 6) is 0.163. The Morgan fingerprint density at radius 1 is 1.09 bits per heavy atom. The third-order valence-electron chi connectivity index (χ3n) is 4.97. The van der Waals surface area contributed by atoms with Gasteiger partial charge in [0.1, 0.15) is 11.2 Å². The standard InChI is InChI=1S/C22H24N4O4S2/c1-13(2)20(27)23-12-18-25-26-21(30-18)19(32(3,28)29)22-24-16-10-9-15(11-17(16)31-22)14-7-5-4-6-8-14/h4-11,13,19-20,23,27H,12H2,1-3H3. The van der Waals surface area contributed by atoms with Crippen LogP contribution in [0.1, 0.15) is 35.9 Å². The second kappa shape index (κ2) is 9.07. The van der Waals surface area contributed by atoms with Crippen molar-refractivity contribution < 1.29 is 17.9 Å². The van der Waals surface area contributed by atoms with Crippen molar-refractivity contribution in [3.8, 4) is 11.1 Å². The molecule has 4 rings (SSSR count). The Labute approximate surface area is 190 Å². The molecule has 10 heteroatoms. The van der Waals surface area contributed by atoms with Gasteiger partial charge in [0.15, 0.2) is 15.1 Å². The molecule has 32 heavy (non-hydrogen) atoms. The summed E-state index contributed by atoms with van der Waals surface area (Å²) < 4.78 is 31.8. The molecular weight excluding hydrogens is 448 g/mol. The van der Waals surface area contributed by atoms with Gasteiger partial charge in [-0.15, -0.1) is 21.5 Å². The van der Waals surface area contributed by atoms with Crippen LogP contribution in [0.3, 0.4) is 0 Å². The number of benzene rings is 2. The molecule has 0 aliphatic heterocycles. The molecule has 8 nitrogen and oxygen atoms in total. The zero-order chi connectivity index (χ0) is 22.9. The van der Waals surface area contributed by atoms with Crippen LogP contribution >= 0.6 is 11.3 Å². The average Bonchev–Trinajstić information content (AvgIpc) is 3.38. The molecule has 168 valence electrons. The van der Waals surface area contributed by atoms with Crippen LogP contribution in [0.4, 0.5) is 0 Å². The van der Waals surface area contributed by atoms with Crippen molar-refractivity contribution >= 4 is 31.4 Å². The van der Waals surface area contributed by atoms with Gasteiger partial charge in [0, 0.05) is 6.26 Å². The lowest BCUT2D eigenvalue weighted by Gasteiger charge is -2.14. The van der Waals surface area contributed by atoms with E-state index in [4.69, 9.17) is 4.42 Å². The highest BCUT2D eigenvalue weighted by Gasteiger charge is 2.34. The van der Waals surface area contributed by atoms with E-state index in [1.54, 1.807) is 0 Å². The first kappa shape index (κ1) is 22.5. The summed E-state index contributed by atoms with van der Waals surface area (Å²) in [5, 5.41) is 19.9. The molecule has 0 saturated heterocycles. The summed E-state index contributed by atoms with van der Waals surface area (Å²) in [6, 6.07) is 15.8. The Morgan fingerprint density at radius 2 is 1.84 bits per heavy atom. The number of nitrogens with zero attached hydrogens (tertiary/aromatic N) is 3. The van der Waals surface area contributed by atoms with Crippen molar-refractivity contribution in [1.29, 1.82) is 0 Å². The minimum absolute atomic E-state index is 0.00434. The van der Waals surface area contributed by atoms with Crippen LogP contribution < -0.4 is 5.32 Å². The highest BCUT2D eigenvalue weighted by molar-refractivity contribution is 7.91. The number of hydrogen-bond acceptors (Lipinski definition) is 9. The predicted octanol–water partition coefficient (Wildman–Crippen LogP) is 3.54. The lowest BCUT2D eigenvalue weighted by atomic mass is 10.1. The van der Waals surface area contributed by atoms with Gasteiger partial charge < -0.3 is 9.52 Å². The lowest BCUT2D eigenvalue weighted by molar-refractivity contribution is 0.0860. The number of aromatic nitrogens is 3. The maximum atomic E-state index is 12.6. The number of fused-ring (bicyclic) bond motifs is 1. The van der Waals surface area contributed by atoms with Gasteiger partial charge in [-0.1, -0.05) is 50.2 Å². The van der Waals surface area contributed by atoms with Gasteiger partial charge in [-0.05, 0) is 29.2 Å². The molecule has 2 aromatic carbocycles. The van der Waals surface area contributed by atoms with Crippen molar-refractivity contribution in [3.63, 3.8) is 0 Å². The normalized spacial score (nSPS) is 14.2. The van der Waals surface area contributed by atoms with Gasteiger partial charge in [-0.2, -0.15) is 0 Å². The summed E-state index contributed by atoms with van der Waals surface area (Å²) in [6.45, 7) is 3.86. The van der Waals surface area contributed by atoms with Gasteiger partial charge >= 0.3 is 0 Å². The quantitative estimate of drug-likeness (QED) is 0.374. The molecule has 2 aromatic heterocycles. The SMILES string of the molecule is CC(C)C(O)NCc1nnc(C(c2nc3ccc(-c4ccccc4)cc3s2)S(C)(=O)=O)o1. The highest BCUT2D eigenvalue weighted by atomic mass is 32.2. The van der Waals surface area contributed by atoms with E-state index in [0.29, 0.717) is 10.5 Å². The number of aliphatic hydroxyl groups excluding tert-OH is 1. The molecular formula is C22H24N4O4S2. The summed E-state index contributed by atoms with van der Waals surface area (Å²) in [5.41, 5.74) is 2.81. The van der Waals surface area contributed by atoms with E-state index in [9.17, 15) is 13.5 Å². The minimum Gasteiger partial charge on any atom is -0.422 e. The maximum absolute atomic E-state index is 12.6. The Hall–Kier alpha value is -2.66. The second-order valence-corrected chi connectivity index (χ2v) is 11.1. The van der Waals surface area contributed by atoms with Crippen LogP contribution in [-0.4, -0.2) is 41.2 Å². The van der Waals surface area contributed by atoms with Crippen molar-refractivity contribution in [2.45, 2.75) is 31.9 Å². The van der Waals surface area contributed by atoms with Crippen LogP contribution in [-0.2, 0) is 16.4 Å². The van der Waals surface area contributed by atoms with Crippen molar-refractivity contribution in [2.24, 2.45) is 5.92 Å². The van der Waals surface area contributed by atoms with Crippen LogP contribution in [0, 0.1) is 5.92 Å². The van der Waals surface area contributed by atoms with Crippen LogP contribution in [0.2, 0.25) is 0 Å². The first-order valence-corrected chi connectivity index (χ1v) is 12.9. The second-order valence-electron chi connectivity index (χ2n) is 7.91. The van der Waals surface area contributed by atoms with Gasteiger partial charge in [0.25, 0.3) is 0 Å². The van der Waals surface area contributed by atoms with E-state index in [0.717, 1.165) is 22.1 Å². The third-order valence-corrected chi connectivity index (χ3v) is 7.48. The Kier molecular flexibility index (Phi) is 6.38. The summed E-state index contributed by atoms with van der Waals surface area (Å²) in [6.07, 6.45) is 0.392. The van der Waals surface area contributed by atoms with E-state index in [-0.39, 0.29) is 24.2 Å². The molecule has 0 bridgehead atoms. The largest absolute Gasteiger partial charge is 0.422 e. The average molecular weight is 473 g/mol. The molecule has 4 aromatic rings. The first-order chi connectivity index (χ1) is 15.2. The molecule has 0 aliphatic carbocycles. The molecule has 2 heterocycles. The van der Waals surface area contributed by atoms with Gasteiger partial charge in [-0.3, -0.25) is 5.32 Å². The smallest absolute Gasteiger partial charge is 0.241 e. The van der Waals surface area contributed by atoms with E-state index in [2.05, 4.69) is 20.5 Å². The fraction of sp³-hybridized carbons (Fsp3) is 0.318. The number of aliphatic hydroxyl groups is 1. The van der Waals surface area contributed by atoms with Crippen molar-refractivity contribution in [2.75, 3.05) is 6.26 Å². The predicted molar refractivity (Wildman–Crippen MR) is 124 cm³/mol. The molecule has 2 N–H and O–H groups in total. The molecule has 0 fully saturated rings. The number of hydrogen-bond donors (Lipinski definition) is 2. The molecule has 0 spiro atoms. The van der Waals surface area contributed by atoms with Gasteiger partial charge in [0.05, 0.1) is 16.8 Å². The van der Waals surface area contributed by atoms with Crippen LogP contribution in [0.5, 0.6) is 0 Å². The highest BCUT2D eigenvalue weighted by Crippen LogP contribution is 2.36. The third kappa shape index (κ3) is 4.88. The summed E-state index contributed by atoms with van der Waals surface area (Å²) >= 11 is 1.29. The molecule has 2 atom stereocenters. The lowest BCUT2D eigenvalue weighted by Crippen LogP contribution is -2.32. The fourth-order valence-corrected chi connectivity index (χ4v) is 5.74. The number of rotatable bonds is 8. The van der Waals surface area contributed by atoms with Crippen LogP contribution in [0.15, 0.2) is 52.9 Å². The Balaban J connectivity index is 1.66. The van der Waals surface area contributed by atoms with E-state index in [1.807, 2.05) is 62.4 Å². The Bertz CT molecular complexity index is 1320. The first-order valence-electron chi connectivity index (χ1n) is 10.1. The fourth-order valence-electron chi connectivity index (χ4n) is 3.21. The number of sulfone groups is 1. The van der Waals surface area contributed by atoms with E-state index < -0.39 is 21.3 Å². The van der Waals surface area contributed by atoms with Crippen LogP contribution in [0.25, 0.3) is 21.3 Å². The zero-order valence-corrected chi connectivity index (χ0v) is 19.5. The van der Waals surface area contributed by atoms with Gasteiger partial charge in [-0.25, -0.2) is 13.4 Å². The van der Waals surface area contributed by atoms with Crippen molar-refractivity contribution in [1.82, 2.24) is 20.5 Å². The molecule has 0 radical (unpaired) electrons. The van der Waals surface area contributed by atoms with Gasteiger partial charge in [0.2, 0.25) is 11.8 Å². The monoisotopic (exact) mass is 472 g/mol. The zero-order valence-electron chi connectivity index (χ0n) is 17.9. The minimum atomic E-state index is -3.63. The maximum Gasteiger partial charge on any atom is 0.241 e. The molecule has 2 unspecified atom stereocenters. The number of nitrogens with one attached hydrogen (secondary N) is 1. The Morgan fingerprint density at radius 3 is 2.53 bits per heavy atom. The molecule has 0 amide bonds.